The summed E-state index contributed by atoms with van der Waals surface area (Å²) >= 11 is 0. The number of rotatable bonds is 0. The summed E-state index contributed by atoms with van der Waals surface area (Å²) in [6.07, 6.45) is 0. The average Bonchev–Trinajstić information content (AvgIpc) is 2.45. The molecule has 8 heteroatoms. The summed E-state index contributed by atoms with van der Waals surface area (Å²) < 4.78 is 34.2. The van der Waals surface area contributed by atoms with Crippen molar-refractivity contribution in [1.29, 1.82) is 0 Å². The Morgan fingerprint density at radius 2 is 0.636 bits per heavy atom. The molecular weight excluding hydrogens is 320 g/mol. The van der Waals surface area contributed by atoms with Crippen molar-refractivity contribution in [2.24, 2.45) is 0 Å². The summed E-state index contributed by atoms with van der Waals surface area (Å²) in [5.74, 6) is 0. The van der Waals surface area contributed by atoms with Crippen LogP contribution in [0.5, 0.6) is 0 Å². The number of hydrogen-bond acceptors (Lipinski definition) is 6. The van der Waals surface area contributed by atoms with E-state index in [0.29, 0.717) is 66.1 Å². The van der Waals surface area contributed by atoms with E-state index in [-0.39, 0.29) is 0 Å². The van der Waals surface area contributed by atoms with Gasteiger partial charge in [-0.05, 0) is 26.2 Å². The second kappa shape index (κ2) is 10.9. The molecule has 132 valence electrons. The van der Waals surface area contributed by atoms with Crippen LogP contribution in [-0.2, 0) is 27.8 Å². The van der Waals surface area contributed by atoms with Crippen LogP contribution in [-0.4, -0.2) is 81.7 Å². The lowest BCUT2D eigenvalue weighted by Gasteiger charge is -2.36. The van der Waals surface area contributed by atoms with Crippen molar-refractivity contribution in [3.8, 4) is 0 Å². The molecule has 0 aliphatic carbocycles. The van der Waals surface area contributed by atoms with Gasteiger partial charge in [0, 0.05) is 0 Å². The van der Waals surface area contributed by atoms with Gasteiger partial charge in [-0.25, -0.2) is 0 Å². The average molecular weight is 353 g/mol. The van der Waals surface area contributed by atoms with E-state index in [1.165, 1.54) is 0 Å². The van der Waals surface area contributed by atoms with E-state index in [1.807, 2.05) is 0 Å². The van der Waals surface area contributed by atoms with Crippen molar-refractivity contribution < 1.29 is 27.8 Å². The molecule has 0 aromatic carbocycles. The Morgan fingerprint density at radius 3 is 0.909 bits per heavy atom. The molecule has 1 aliphatic rings. The van der Waals surface area contributed by atoms with Gasteiger partial charge in [0.15, 0.2) is 0 Å². The van der Waals surface area contributed by atoms with Crippen LogP contribution < -0.4 is 0 Å². The smallest absolute Gasteiger partial charge is 0.205 e. The second-order valence-electron chi connectivity index (χ2n) is 6.17. The summed E-state index contributed by atoms with van der Waals surface area (Å²) in [5.41, 5.74) is 0. The van der Waals surface area contributed by atoms with Gasteiger partial charge in [-0.2, -0.15) is 0 Å². The van der Waals surface area contributed by atoms with E-state index in [0.717, 1.165) is 0 Å². The summed E-state index contributed by atoms with van der Waals surface area (Å²) in [5, 5.41) is 0. The van der Waals surface area contributed by atoms with Crippen LogP contribution in [0.2, 0.25) is 26.2 Å². The molecule has 0 N–H and O–H groups in total. The molecule has 0 aromatic rings. The quantitative estimate of drug-likeness (QED) is 0.617. The first-order valence-corrected chi connectivity index (χ1v) is 14.9. The molecule has 0 spiro atoms. The van der Waals surface area contributed by atoms with Crippen molar-refractivity contribution in [3.05, 3.63) is 0 Å². The molecule has 0 radical (unpaired) electrons. The minimum atomic E-state index is -1.84. The Hall–Kier alpha value is 0.194. The van der Waals surface area contributed by atoms with Gasteiger partial charge in [0.2, 0.25) is 15.7 Å². The Bertz CT molecular complexity index is 261. The molecule has 0 bridgehead atoms. The van der Waals surface area contributed by atoms with Crippen molar-refractivity contribution in [2.75, 3.05) is 66.1 Å². The van der Waals surface area contributed by atoms with Gasteiger partial charge >= 0.3 is 0 Å². The lowest BCUT2D eigenvalue weighted by molar-refractivity contribution is -0.00821. The summed E-state index contributed by atoms with van der Waals surface area (Å²) in [7, 11) is -3.68. The molecule has 1 heterocycles. The first-order valence-electron chi connectivity index (χ1n) is 8.04. The van der Waals surface area contributed by atoms with E-state index < -0.39 is 15.7 Å². The van der Waals surface area contributed by atoms with Crippen LogP contribution in [0, 0.1) is 0 Å². The molecule has 0 unspecified atom stereocenters. The zero-order valence-corrected chi connectivity index (χ0v) is 16.5. The number of ether oxygens (including phenoxy) is 4. The van der Waals surface area contributed by atoms with Crippen molar-refractivity contribution in [3.63, 3.8) is 0 Å². The monoisotopic (exact) mass is 352 g/mol. The minimum Gasteiger partial charge on any atom is -0.415 e. The number of hydrogen-bond donors (Lipinski definition) is 0. The standard InChI is InChI=1S/C14H32O6Si2/c1-21(2)19-13-11-17-9-7-15-5-6-16-8-10-18-12-14-20-22(21,3)4/h5-14H2,1-4H3. The second-order valence-corrected chi connectivity index (χ2v) is 20.0. The molecule has 0 amide bonds. The highest BCUT2D eigenvalue weighted by molar-refractivity contribution is 7.35. The highest BCUT2D eigenvalue weighted by Gasteiger charge is 2.45. The topological polar surface area (TPSA) is 55.4 Å². The first-order chi connectivity index (χ1) is 10.5. The van der Waals surface area contributed by atoms with Gasteiger partial charge in [0.05, 0.1) is 66.1 Å². The zero-order valence-electron chi connectivity index (χ0n) is 14.5. The third-order valence-electron chi connectivity index (χ3n) is 3.95. The lowest BCUT2D eigenvalue weighted by atomic mass is 10.7. The van der Waals surface area contributed by atoms with Gasteiger partial charge in [-0.15, -0.1) is 0 Å². The molecule has 0 saturated carbocycles. The van der Waals surface area contributed by atoms with Gasteiger partial charge < -0.3 is 27.8 Å². The molecule has 6 nitrogen and oxygen atoms in total. The summed E-state index contributed by atoms with van der Waals surface area (Å²) in [6, 6.07) is 0. The maximum absolute atomic E-state index is 6.14. The highest BCUT2D eigenvalue weighted by Crippen LogP contribution is 2.21. The van der Waals surface area contributed by atoms with Gasteiger partial charge in [-0.1, -0.05) is 0 Å². The van der Waals surface area contributed by atoms with Crippen LogP contribution in [0.1, 0.15) is 0 Å². The molecule has 1 aliphatic heterocycles. The molecule has 1 saturated heterocycles. The van der Waals surface area contributed by atoms with Crippen LogP contribution >= 0.6 is 0 Å². The first kappa shape index (κ1) is 20.2. The minimum absolute atomic E-state index is 0.586. The predicted molar refractivity (Wildman–Crippen MR) is 90.1 cm³/mol. The van der Waals surface area contributed by atoms with E-state index in [2.05, 4.69) is 26.2 Å². The fourth-order valence-corrected chi connectivity index (χ4v) is 6.40. The zero-order chi connectivity index (χ0) is 16.3. The van der Waals surface area contributed by atoms with Gasteiger partial charge in [0.25, 0.3) is 0 Å². The lowest BCUT2D eigenvalue weighted by Crippen LogP contribution is -2.59. The summed E-state index contributed by atoms with van der Waals surface area (Å²) in [6.45, 7) is 14.9. The van der Waals surface area contributed by atoms with E-state index in [1.54, 1.807) is 0 Å². The SMILES string of the molecule is C[Si]1(C)OCCOCCOCCOCCOCCO[Si]1(C)C. The fraction of sp³-hybridized carbons (Fsp3) is 1.00. The van der Waals surface area contributed by atoms with Crippen LogP contribution in [0.3, 0.4) is 0 Å². The van der Waals surface area contributed by atoms with E-state index >= 15 is 0 Å². The van der Waals surface area contributed by atoms with E-state index in [9.17, 15) is 0 Å². The fourth-order valence-electron chi connectivity index (χ4n) is 1.82. The molecular formula is C14H32O6Si2. The molecule has 1 rings (SSSR count). The van der Waals surface area contributed by atoms with Crippen LogP contribution in [0.25, 0.3) is 0 Å². The predicted octanol–water partition coefficient (Wildman–Crippen LogP) is 1.59. The Labute approximate surface area is 136 Å². The Morgan fingerprint density at radius 1 is 0.409 bits per heavy atom. The highest BCUT2D eigenvalue weighted by atomic mass is 29.3. The van der Waals surface area contributed by atoms with Crippen molar-refractivity contribution >= 4 is 15.7 Å². The maximum atomic E-state index is 6.14. The molecule has 22 heavy (non-hydrogen) atoms. The Balaban J connectivity index is 2.40. The molecule has 0 aromatic heterocycles. The van der Waals surface area contributed by atoms with E-state index in [4.69, 9.17) is 27.8 Å². The normalized spacial score (nSPS) is 26.7. The van der Waals surface area contributed by atoms with Gasteiger partial charge in [0.1, 0.15) is 0 Å². The van der Waals surface area contributed by atoms with Crippen LogP contribution in [0.4, 0.5) is 0 Å². The maximum Gasteiger partial charge on any atom is 0.205 e. The summed E-state index contributed by atoms with van der Waals surface area (Å²) in [4.78, 5) is 0. The third kappa shape index (κ3) is 8.16. The van der Waals surface area contributed by atoms with Crippen molar-refractivity contribution in [2.45, 2.75) is 26.2 Å². The molecule has 1 fully saturated rings. The van der Waals surface area contributed by atoms with Crippen LogP contribution in [0.15, 0.2) is 0 Å². The van der Waals surface area contributed by atoms with Gasteiger partial charge in [-0.3, -0.25) is 0 Å². The largest absolute Gasteiger partial charge is 0.415 e. The molecule has 0 atom stereocenters. The van der Waals surface area contributed by atoms with Crippen molar-refractivity contribution in [1.82, 2.24) is 0 Å². The third-order valence-corrected chi connectivity index (χ3v) is 18.3. The Kier molecular flexibility index (Phi) is 10.0.